The second-order valence-corrected chi connectivity index (χ2v) is 5.21. The summed E-state index contributed by atoms with van der Waals surface area (Å²) in [6, 6.07) is 4.17. The average Bonchev–Trinajstić information content (AvgIpc) is 2.82. The van der Waals surface area contributed by atoms with E-state index in [4.69, 9.17) is 21.1 Å². The van der Waals surface area contributed by atoms with E-state index in [9.17, 15) is 0 Å². The zero-order valence-electron chi connectivity index (χ0n) is 10.8. The number of H-pyrrole nitrogens is 1. The summed E-state index contributed by atoms with van der Waals surface area (Å²) in [6.45, 7) is 2.46. The number of halogens is 1. The van der Waals surface area contributed by atoms with Gasteiger partial charge < -0.3 is 19.8 Å². The zero-order valence-corrected chi connectivity index (χ0v) is 11.6. The van der Waals surface area contributed by atoms with Crippen LogP contribution in [-0.4, -0.2) is 37.9 Å². The zero-order chi connectivity index (χ0) is 13.2. The minimum absolute atomic E-state index is 0.359. The van der Waals surface area contributed by atoms with Gasteiger partial charge in [0.15, 0.2) is 0 Å². The van der Waals surface area contributed by atoms with Crippen molar-refractivity contribution in [1.82, 2.24) is 10.3 Å². The summed E-state index contributed by atoms with van der Waals surface area (Å²) in [5.41, 5.74) is 2.23. The molecule has 0 radical (unpaired) electrons. The number of hydrogen-bond acceptors (Lipinski definition) is 3. The van der Waals surface area contributed by atoms with Crippen molar-refractivity contribution in [3.63, 3.8) is 0 Å². The van der Waals surface area contributed by atoms with Gasteiger partial charge in [0.05, 0.1) is 25.8 Å². The average molecular weight is 281 g/mol. The van der Waals surface area contributed by atoms with E-state index in [0.29, 0.717) is 11.1 Å². The molecule has 0 spiro atoms. The van der Waals surface area contributed by atoms with Gasteiger partial charge in [0.1, 0.15) is 5.75 Å². The Labute approximate surface area is 117 Å². The van der Waals surface area contributed by atoms with Crippen molar-refractivity contribution in [2.24, 2.45) is 0 Å². The number of morpholine rings is 1. The highest BCUT2D eigenvalue weighted by atomic mass is 35.5. The maximum absolute atomic E-state index is 6.14. The molecule has 1 aromatic heterocycles. The largest absolute Gasteiger partial charge is 0.495 e. The Morgan fingerprint density at radius 2 is 2.37 bits per heavy atom. The topological polar surface area (TPSA) is 46.3 Å². The van der Waals surface area contributed by atoms with E-state index in [1.807, 2.05) is 18.3 Å². The minimum atomic E-state index is 0.359. The van der Waals surface area contributed by atoms with E-state index in [1.54, 1.807) is 7.11 Å². The summed E-state index contributed by atoms with van der Waals surface area (Å²) < 4.78 is 10.8. The molecule has 3 rings (SSSR count). The summed E-state index contributed by atoms with van der Waals surface area (Å²) in [6.07, 6.45) is 2.95. The van der Waals surface area contributed by atoms with Crippen LogP contribution in [0.2, 0.25) is 5.02 Å². The highest BCUT2D eigenvalue weighted by Crippen LogP contribution is 2.31. The molecule has 1 saturated heterocycles. The highest BCUT2D eigenvalue weighted by Gasteiger charge is 2.17. The molecule has 2 N–H and O–H groups in total. The summed E-state index contributed by atoms with van der Waals surface area (Å²) in [4.78, 5) is 3.27. The molecule has 102 valence electrons. The van der Waals surface area contributed by atoms with Gasteiger partial charge in [-0.15, -0.1) is 0 Å². The van der Waals surface area contributed by atoms with Crippen molar-refractivity contribution in [3.8, 4) is 5.75 Å². The van der Waals surface area contributed by atoms with E-state index in [0.717, 1.165) is 42.8 Å². The van der Waals surface area contributed by atoms with E-state index >= 15 is 0 Å². The van der Waals surface area contributed by atoms with E-state index in [2.05, 4.69) is 10.3 Å². The normalized spacial score (nSPS) is 19.8. The molecule has 0 saturated carbocycles. The van der Waals surface area contributed by atoms with Crippen molar-refractivity contribution in [1.29, 1.82) is 0 Å². The number of fused-ring (bicyclic) bond motifs is 1. The van der Waals surface area contributed by atoms with Gasteiger partial charge in [-0.05, 0) is 18.1 Å². The van der Waals surface area contributed by atoms with Crippen LogP contribution in [0.3, 0.4) is 0 Å². The number of rotatable bonds is 3. The fraction of sp³-hybridized carbons (Fsp3) is 0.429. The summed E-state index contributed by atoms with van der Waals surface area (Å²) in [5, 5.41) is 5.28. The number of ether oxygens (including phenoxy) is 2. The summed E-state index contributed by atoms with van der Waals surface area (Å²) in [7, 11) is 1.65. The lowest BCUT2D eigenvalue weighted by molar-refractivity contribution is 0.0771. The third-order valence-electron chi connectivity index (χ3n) is 3.49. The molecule has 0 bridgehead atoms. The molecule has 1 aromatic carbocycles. The molecule has 2 heterocycles. The van der Waals surface area contributed by atoms with Crippen LogP contribution in [-0.2, 0) is 11.2 Å². The maximum atomic E-state index is 6.14. The fourth-order valence-corrected chi connectivity index (χ4v) is 2.78. The molecule has 0 aliphatic carbocycles. The van der Waals surface area contributed by atoms with Gasteiger partial charge in [0.25, 0.3) is 0 Å². The van der Waals surface area contributed by atoms with Crippen LogP contribution in [0.25, 0.3) is 10.9 Å². The monoisotopic (exact) mass is 280 g/mol. The molecule has 1 fully saturated rings. The first-order chi connectivity index (χ1) is 9.28. The van der Waals surface area contributed by atoms with Crippen molar-refractivity contribution < 1.29 is 9.47 Å². The van der Waals surface area contributed by atoms with Crippen LogP contribution in [0, 0.1) is 0 Å². The standard InChI is InChI=1S/C14H17ClN2O2/c1-18-13-6-10(15)5-12-9(7-17-14(12)13)4-11-8-19-3-2-16-11/h5-7,11,16-17H,2-4,8H2,1H3/t11-/m0/s1. The maximum Gasteiger partial charge on any atom is 0.144 e. The SMILES string of the molecule is COc1cc(Cl)cc2c(C[C@H]3COCCN3)c[nH]c12. The van der Waals surface area contributed by atoms with Gasteiger partial charge in [0, 0.05) is 35.3 Å². The molecule has 1 aliphatic heterocycles. The molecule has 0 unspecified atom stereocenters. The molecule has 5 heteroatoms. The molecule has 1 atom stereocenters. The number of methoxy groups -OCH3 is 1. The molecule has 0 amide bonds. The van der Waals surface area contributed by atoms with Gasteiger partial charge >= 0.3 is 0 Å². The van der Waals surface area contributed by atoms with Crippen LogP contribution < -0.4 is 10.1 Å². The quantitative estimate of drug-likeness (QED) is 0.907. The Balaban J connectivity index is 1.93. The van der Waals surface area contributed by atoms with Crippen molar-refractivity contribution in [2.45, 2.75) is 12.5 Å². The predicted molar refractivity (Wildman–Crippen MR) is 76.2 cm³/mol. The Kier molecular flexibility index (Phi) is 3.64. The lowest BCUT2D eigenvalue weighted by Gasteiger charge is -2.23. The van der Waals surface area contributed by atoms with E-state index < -0.39 is 0 Å². The van der Waals surface area contributed by atoms with Crippen LogP contribution in [0.4, 0.5) is 0 Å². The van der Waals surface area contributed by atoms with Crippen LogP contribution in [0.15, 0.2) is 18.3 Å². The molecule has 1 aliphatic rings. The lowest BCUT2D eigenvalue weighted by atomic mass is 10.0. The van der Waals surface area contributed by atoms with E-state index in [1.165, 1.54) is 5.56 Å². The molecule has 19 heavy (non-hydrogen) atoms. The molecular formula is C14H17ClN2O2. The number of nitrogens with one attached hydrogen (secondary N) is 2. The highest BCUT2D eigenvalue weighted by molar-refractivity contribution is 6.31. The summed E-state index contributed by atoms with van der Waals surface area (Å²) in [5.74, 6) is 0.779. The molecule has 4 nitrogen and oxygen atoms in total. The Morgan fingerprint density at radius 1 is 1.47 bits per heavy atom. The van der Waals surface area contributed by atoms with Crippen molar-refractivity contribution in [3.05, 3.63) is 28.9 Å². The Bertz CT molecular complexity index is 576. The van der Waals surface area contributed by atoms with Gasteiger partial charge in [-0.25, -0.2) is 0 Å². The van der Waals surface area contributed by atoms with Gasteiger partial charge in [-0.1, -0.05) is 11.6 Å². The Hall–Kier alpha value is -1.23. The first kappa shape index (κ1) is 12.8. The van der Waals surface area contributed by atoms with Crippen molar-refractivity contribution in [2.75, 3.05) is 26.9 Å². The van der Waals surface area contributed by atoms with Gasteiger partial charge in [0.2, 0.25) is 0 Å². The fourth-order valence-electron chi connectivity index (χ4n) is 2.57. The molecule has 2 aromatic rings. The number of aromatic nitrogens is 1. The third kappa shape index (κ3) is 2.56. The predicted octanol–water partition coefficient (Wildman–Crippen LogP) is 2.36. The van der Waals surface area contributed by atoms with Gasteiger partial charge in [-0.2, -0.15) is 0 Å². The Morgan fingerprint density at radius 3 is 3.11 bits per heavy atom. The number of hydrogen-bond donors (Lipinski definition) is 2. The van der Waals surface area contributed by atoms with Crippen LogP contribution in [0.5, 0.6) is 5.75 Å². The van der Waals surface area contributed by atoms with Crippen molar-refractivity contribution >= 4 is 22.5 Å². The first-order valence-electron chi connectivity index (χ1n) is 6.42. The van der Waals surface area contributed by atoms with Crippen LogP contribution >= 0.6 is 11.6 Å². The summed E-state index contributed by atoms with van der Waals surface area (Å²) >= 11 is 6.14. The second kappa shape index (κ2) is 5.41. The lowest BCUT2D eigenvalue weighted by Crippen LogP contribution is -2.42. The van der Waals surface area contributed by atoms with Gasteiger partial charge in [-0.3, -0.25) is 0 Å². The molecular weight excluding hydrogens is 264 g/mol. The first-order valence-corrected chi connectivity index (χ1v) is 6.80. The second-order valence-electron chi connectivity index (χ2n) is 4.77. The number of aromatic amines is 1. The third-order valence-corrected chi connectivity index (χ3v) is 3.71. The smallest absolute Gasteiger partial charge is 0.144 e. The van der Waals surface area contributed by atoms with E-state index in [-0.39, 0.29) is 0 Å². The number of benzene rings is 1. The van der Waals surface area contributed by atoms with Crippen LogP contribution in [0.1, 0.15) is 5.56 Å². The minimum Gasteiger partial charge on any atom is -0.495 e.